The van der Waals surface area contributed by atoms with Crippen LogP contribution in [0.4, 0.5) is 0 Å². The smallest absolute Gasteiger partial charge is 0.194 e. The molecule has 60 valence electrons. The predicted octanol–water partition coefficient (Wildman–Crippen LogP) is 2.06. The Morgan fingerprint density at radius 3 is 3.25 bits per heavy atom. The number of nitrogens with zero attached hydrogens (tertiary/aromatic N) is 1. The third-order valence-electron chi connectivity index (χ3n) is 1.71. The van der Waals surface area contributed by atoms with Gasteiger partial charge in [0.1, 0.15) is 0 Å². The fourth-order valence-electron chi connectivity index (χ4n) is 1.14. The standard InChI is InChI=1S/C9H7NOS/c11-8-5-1-3-7-4-2-6-10-12-9(7)8/h1-2,4-6H,3H2. The second-order valence-corrected chi connectivity index (χ2v) is 3.33. The quantitative estimate of drug-likeness (QED) is 0.530. The number of rotatable bonds is 0. The molecule has 0 bridgehead atoms. The van der Waals surface area contributed by atoms with Gasteiger partial charge in [0, 0.05) is 18.2 Å². The molecule has 2 rings (SSSR count). The van der Waals surface area contributed by atoms with Gasteiger partial charge in [-0.1, -0.05) is 12.2 Å². The van der Waals surface area contributed by atoms with Crippen molar-refractivity contribution in [3.05, 3.63) is 34.8 Å². The average molecular weight is 177 g/mol. The van der Waals surface area contributed by atoms with E-state index in [0.717, 1.165) is 16.9 Å². The molecule has 1 heterocycles. The minimum Gasteiger partial charge on any atom is -0.289 e. The number of carbonyl (C=O) groups is 1. The van der Waals surface area contributed by atoms with Crippen molar-refractivity contribution in [3.63, 3.8) is 0 Å². The maximum Gasteiger partial charge on any atom is 0.194 e. The maximum atomic E-state index is 11.3. The molecule has 1 aliphatic carbocycles. The molecule has 0 spiro atoms. The molecule has 0 aromatic heterocycles. The van der Waals surface area contributed by atoms with Crippen molar-refractivity contribution in [2.45, 2.75) is 6.42 Å². The van der Waals surface area contributed by atoms with Crippen molar-refractivity contribution in [1.82, 2.24) is 0 Å². The largest absolute Gasteiger partial charge is 0.289 e. The highest BCUT2D eigenvalue weighted by Gasteiger charge is 2.15. The van der Waals surface area contributed by atoms with Crippen LogP contribution >= 0.6 is 11.9 Å². The molecule has 0 saturated carbocycles. The Morgan fingerprint density at radius 1 is 1.42 bits per heavy atom. The van der Waals surface area contributed by atoms with Gasteiger partial charge in [-0.3, -0.25) is 4.79 Å². The molecule has 0 N–H and O–H groups in total. The van der Waals surface area contributed by atoms with E-state index in [1.165, 1.54) is 11.9 Å². The lowest BCUT2D eigenvalue weighted by molar-refractivity contribution is -0.110. The van der Waals surface area contributed by atoms with Crippen LogP contribution in [0.3, 0.4) is 0 Å². The van der Waals surface area contributed by atoms with E-state index in [9.17, 15) is 4.79 Å². The fourth-order valence-corrected chi connectivity index (χ4v) is 1.81. The van der Waals surface area contributed by atoms with Crippen LogP contribution in [0.2, 0.25) is 0 Å². The number of carbonyl (C=O) groups excluding carboxylic acids is 1. The topological polar surface area (TPSA) is 29.4 Å². The SMILES string of the molecule is O=C1C=CCC2=C1SN=CC=C2. The van der Waals surface area contributed by atoms with Gasteiger partial charge in [0.25, 0.3) is 0 Å². The normalized spacial score (nSPS) is 21.2. The summed E-state index contributed by atoms with van der Waals surface area (Å²) in [5.41, 5.74) is 1.07. The summed E-state index contributed by atoms with van der Waals surface area (Å²) in [6, 6.07) is 0. The second-order valence-electron chi connectivity index (χ2n) is 2.53. The van der Waals surface area contributed by atoms with Gasteiger partial charge in [0.15, 0.2) is 5.78 Å². The molecule has 12 heavy (non-hydrogen) atoms. The zero-order valence-electron chi connectivity index (χ0n) is 6.36. The summed E-state index contributed by atoms with van der Waals surface area (Å²) in [5.74, 6) is 0.0740. The summed E-state index contributed by atoms with van der Waals surface area (Å²) >= 11 is 1.26. The van der Waals surface area contributed by atoms with E-state index >= 15 is 0 Å². The van der Waals surface area contributed by atoms with Crippen LogP contribution in [0.15, 0.2) is 39.2 Å². The molecule has 1 aliphatic heterocycles. The van der Waals surface area contributed by atoms with Crippen LogP contribution in [0.5, 0.6) is 0 Å². The molecule has 0 aromatic carbocycles. The molecule has 3 heteroatoms. The minimum atomic E-state index is 0.0740. The molecule has 2 aliphatic rings. The summed E-state index contributed by atoms with van der Waals surface area (Å²) in [6.45, 7) is 0. The van der Waals surface area contributed by atoms with Crippen molar-refractivity contribution >= 4 is 23.9 Å². The highest BCUT2D eigenvalue weighted by Crippen LogP contribution is 2.29. The molecule has 0 aromatic rings. The Balaban J connectivity index is 2.41. The first-order chi connectivity index (χ1) is 5.88. The average Bonchev–Trinajstić information content (AvgIpc) is 2.30. The van der Waals surface area contributed by atoms with Crippen LogP contribution in [0.25, 0.3) is 0 Å². The van der Waals surface area contributed by atoms with Crippen molar-refractivity contribution < 1.29 is 4.79 Å². The number of ketones is 1. The van der Waals surface area contributed by atoms with E-state index in [0.29, 0.717) is 0 Å². The van der Waals surface area contributed by atoms with Crippen LogP contribution in [0.1, 0.15) is 6.42 Å². The highest BCUT2D eigenvalue weighted by atomic mass is 32.2. The van der Waals surface area contributed by atoms with E-state index in [2.05, 4.69) is 4.40 Å². The van der Waals surface area contributed by atoms with Gasteiger partial charge in [-0.15, -0.1) is 0 Å². The van der Waals surface area contributed by atoms with Crippen molar-refractivity contribution in [2.24, 2.45) is 4.40 Å². The van der Waals surface area contributed by atoms with Crippen molar-refractivity contribution in [2.75, 3.05) is 0 Å². The van der Waals surface area contributed by atoms with Gasteiger partial charge in [-0.25, -0.2) is 4.40 Å². The molecule has 0 amide bonds. The second kappa shape index (κ2) is 3.11. The molecular formula is C9H7NOS. The third-order valence-corrected chi connectivity index (χ3v) is 2.58. The first-order valence-corrected chi connectivity index (χ1v) is 4.46. The summed E-state index contributed by atoms with van der Waals surface area (Å²) in [6.07, 6.45) is 9.85. The Kier molecular flexibility index (Phi) is 1.96. The molecule has 0 atom stereocenters. The van der Waals surface area contributed by atoms with Crippen molar-refractivity contribution in [3.8, 4) is 0 Å². The van der Waals surface area contributed by atoms with Gasteiger partial charge in [0.05, 0.1) is 4.91 Å². The van der Waals surface area contributed by atoms with Crippen LogP contribution in [-0.2, 0) is 4.79 Å². The zero-order chi connectivity index (χ0) is 8.39. The summed E-state index contributed by atoms with van der Waals surface area (Å²) in [5, 5.41) is 0. The van der Waals surface area contributed by atoms with E-state index in [1.807, 2.05) is 18.2 Å². The van der Waals surface area contributed by atoms with E-state index in [-0.39, 0.29) is 5.78 Å². The Morgan fingerprint density at radius 2 is 2.33 bits per heavy atom. The van der Waals surface area contributed by atoms with Gasteiger partial charge in [0.2, 0.25) is 0 Å². The predicted molar refractivity (Wildman–Crippen MR) is 51.0 cm³/mol. The lowest BCUT2D eigenvalue weighted by Crippen LogP contribution is -2.01. The van der Waals surface area contributed by atoms with Crippen molar-refractivity contribution in [1.29, 1.82) is 0 Å². The molecule has 2 nitrogen and oxygen atoms in total. The monoisotopic (exact) mass is 177 g/mol. The molecule has 0 unspecified atom stereocenters. The molecule has 0 saturated heterocycles. The summed E-state index contributed by atoms with van der Waals surface area (Å²) < 4.78 is 4.00. The Labute approximate surface area is 74.9 Å². The van der Waals surface area contributed by atoms with Crippen LogP contribution in [-0.4, -0.2) is 12.0 Å². The van der Waals surface area contributed by atoms with Crippen LogP contribution in [0, 0.1) is 0 Å². The van der Waals surface area contributed by atoms with Crippen LogP contribution < -0.4 is 0 Å². The number of hydrogen-bond donors (Lipinski definition) is 0. The Hall–Kier alpha value is -1.09. The highest BCUT2D eigenvalue weighted by molar-refractivity contribution is 8.03. The first kappa shape index (κ1) is 7.55. The summed E-state index contributed by atoms with van der Waals surface area (Å²) in [7, 11) is 0. The minimum absolute atomic E-state index is 0.0740. The molecule has 0 radical (unpaired) electrons. The van der Waals surface area contributed by atoms with E-state index < -0.39 is 0 Å². The molecular weight excluding hydrogens is 170 g/mol. The molecule has 0 fully saturated rings. The van der Waals surface area contributed by atoms with Gasteiger partial charge >= 0.3 is 0 Å². The Bertz CT molecular complexity index is 336. The lowest BCUT2D eigenvalue weighted by atomic mass is 10.0. The first-order valence-electron chi connectivity index (χ1n) is 3.69. The number of allylic oxidation sites excluding steroid dienone is 6. The maximum absolute atomic E-state index is 11.3. The summed E-state index contributed by atoms with van der Waals surface area (Å²) in [4.78, 5) is 12.1. The van der Waals surface area contributed by atoms with Gasteiger partial charge in [-0.05, 0) is 24.1 Å². The van der Waals surface area contributed by atoms with Gasteiger partial charge < -0.3 is 0 Å². The number of hydrogen-bond acceptors (Lipinski definition) is 3. The lowest BCUT2D eigenvalue weighted by Gasteiger charge is -2.07. The zero-order valence-corrected chi connectivity index (χ0v) is 7.17. The fraction of sp³-hybridized carbons (Fsp3) is 0.111. The third kappa shape index (κ3) is 1.28. The van der Waals surface area contributed by atoms with E-state index in [4.69, 9.17) is 0 Å². The van der Waals surface area contributed by atoms with E-state index in [1.54, 1.807) is 12.3 Å². The van der Waals surface area contributed by atoms with Gasteiger partial charge in [-0.2, -0.15) is 0 Å².